The van der Waals surface area contributed by atoms with Crippen molar-refractivity contribution in [1.82, 2.24) is 19.4 Å². The SMILES string of the molecule is CCOC(=O)NC(=O)CN(CC)CC(=O)c1c(N)n(Cc2ccccc2)c(=O)n(CC)c1=O. The van der Waals surface area contributed by atoms with Gasteiger partial charge in [0.25, 0.3) is 5.56 Å². The highest BCUT2D eigenvalue weighted by Crippen LogP contribution is 2.10. The maximum Gasteiger partial charge on any atom is 0.413 e. The summed E-state index contributed by atoms with van der Waals surface area (Å²) < 4.78 is 6.81. The second-order valence-corrected chi connectivity index (χ2v) is 7.16. The number of hydrogen-bond donors (Lipinski definition) is 2. The highest BCUT2D eigenvalue weighted by molar-refractivity contribution is 6.01. The van der Waals surface area contributed by atoms with Crippen LogP contribution in [0.5, 0.6) is 0 Å². The molecule has 11 nitrogen and oxygen atoms in total. The standard InChI is InChI=1S/C22H29N5O6/c1-4-25(14-17(29)24-21(31)33-6-3)13-16(28)18-19(23)27(12-15-10-8-7-9-11-15)22(32)26(5-2)20(18)30/h7-11H,4-6,12-14,23H2,1-3H3,(H,24,29,31). The summed E-state index contributed by atoms with van der Waals surface area (Å²) in [5.41, 5.74) is 5.22. The van der Waals surface area contributed by atoms with E-state index in [9.17, 15) is 24.0 Å². The number of likely N-dealkylation sites (N-methyl/N-ethyl adjacent to an activating group) is 1. The van der Waals surface area contributed by atoms with Gasteiger partial charge in [0, 0.05) is 6.54 Å². The number of amides is 2. The monoisotopic (exact) mass is 459 g/mol. The minimum Gasteiger partial charge on any atom is -0.450 e. The van der Waals surface area contributed by atoms with Crippen LogP contribution >= 0.6 is 0 Å². The number of nitrogens with zero attached hydrogens (tertiary/aromatic N) is 3. The van der Waals surface area contributed by atoms with Crippen LogP contribution in [0.2, 0.25) is 0 Å². The summed E-state index contributed by atoms with van der Waals surface area (Å²) in [6.45, 7) is 4.91. The average molecular weight is 460 g/mol. The zero-order chi connectivity index (χ0) is 24.5. The molecule has 3 N–H and O–H groups in total. The summed E-state index contributed by atoms with van der Waals surface area (Å²) in [6.07, 6.45) is -0.882. The van der Waals surface area contributed by atoms with Crippen LogP contribution in [0.4, 0.5) is 10.6 Å². The number of aromatic nitrogens is 2. The van der Waals surface area contributed by atoms with Gasteiger partial charge in [-0.1, -0.05) is 37.3 Å². The molecule has 0 aliphatic rings. The van der Waals surface area contributed by atoms with E-state index in [0.717, 1.165) is 10.1 Å². The van der Waals surface area contributed by atoms with E-state index in [2.05, 4.69) is 10.1 Å². The van der Waals surface area contributed by atoms with Crippen molar-refractivity contribution in [2.24, 2.45) is 0 Å². The Morgan fingerprint density at radius 3 is 2.27 bits per heavy atom. The summed E-state index contributed by atoms with van der Waals surface area (Å²) in [5.74, 6) is -1.51. The second kappa shape index (κ2) is 11.8. The fourth-order valence-electron chi connectivity index (χ4n) is 3.26. The quantitative estimate of drug-likeness (QED) is 0.487. The molecular formula is C22H29N5O6. The Labute approximate surface area is 190 Å². The van der Waals surface area contributed by atoms with Crippen molar-refractivity contribution in [3.8, 4) is 0 Å². The van der Waals surface area contributed by atoms with E-state index in [1.807, 2.05) is 6.07 Å². The smallest absolute Gasteiger partial charge is 0.413 e. The zero-order valence-electron chi connectivity index (χ0n) is 19.0. The van der Waals surface area contributed by atoms with E-state index in [1.165, 1.54) is 9.47 Å². The molecule has 0 aliphatic heterocycles. The van der Waals surface area contributed by atoms with Gasteiger partial charge >= 0.3 is 11.8 Å². The van der Waals surface area contributed by atoms with Gasteiger partial charge in [0.1, 0.15) is 11.4 Å². The lowest BCUT2D eigenvalue weighted by Gasteiger charge is -2.20. The molecule has 0 unspecified atom stereocenters. The third-order valence-corrected chi connectivity index (χ3v) is 4.94. The first-order valence-corrected chi connectivity index (χ1v) is 10.6. The number of carbonyl (C=O) groups excluding carboxylic acids is 3. The average Bonchev–Trinajstić information content (AvgIpc) is 2.77. The normalized spacial score (nSPS) is 10.8. The molecule has 0 fully saturated rings. The number of ether oxygens (including phenoxy) is 1. The molecule has 0 bridgehead atoms. The number of ketones is 1. The van der Waals surface area contributed by atoms with Crippen LogP contribution in [-0.2, 0) is 22.6 Å². The largest absolute Gasteiger partial charge is 0.450 e. The van der Waals surface area contributed by atoms with E-state index in [0.29, 0.717) is 0 Å². The van der Waals surface area contributed by atoms with Crippen LogP contribution in [-0.4, -0.2) is 58.1 Å². The highest BCUT2D eigenvalue weighted by Gasteiger charge is 2.24. The summed E-state index contributed by atoms with van der Waals surface area (Å²) in [7, 11) is 0. The summed E-state index contributed by atoms with van der Waals surface area (Å²) in [4.78, 5) is 63.7. The molecule has 178 valence electrons. The predicted molar refractivity (Wildman–Crippen MR) is 122 cm³/mol. The van der Waals surface area contributed by atoms with E-state index in [-0.39, 0.29) is 50.7 Å². The van der Waals surface area contributed by atoms with Crippen LogP contribution in [0, 0.1) is 0 Å². The molecule has 0 radical (unpaired) electrons. The van der Waals surface area contributed by atoms with Gasteiger partial charge in [0.2, 0.25) is 5.91 Å². The Balaban J connectivity index is 2.34. The van der Waals surface area contributed by atoms with Gasteiger partial charge in [-0.2, -0.15) is 0 Å². The van der Waals surface area contributed by atoms with Gasteiger partial charge in [-0.05, 0) is 26.0 Å². The van der Waals surface area contributed by atoms with Crippen molar-refractivity contribution in [3.63, 3.8) is 0 Å². The molecule has 0 aliphatic carbocycles. The van der Waals surface area contributed by atoms with Crippen molar-refractivity contribution < 1.29 is 19.1 Å². The number of benzene rings is 1. The molecule has 0 saturated carbocycles. The van der Waals surface area contributed by atoms with E-state index in [1.54, 1.807) is 45.0 Å². The van der Waals surface area contributed by atoms with Gasteiger partial charge in [0.05, 0.1) is 26.2 Å². The summed E-state index contributed by atoms with van der Waals surface area (Å²) in [5, 5.41) is 2.05. The van der Waals surface area contributed by atoms with Gasteiger partial charge < -0.3 is 10.5 Å². The molecule has 1 aromatic heterocycles. The fourth-order valence-corrected chi connectivity index (χ4v) is 3.26. The lowest BCUT2D eigenvalue weighted by atomic mass is 10.1. The summed E-state index contributed by atoms with van der Waals surface area (Å²) >= 11 is 0. The van der Waals surface area contributed by atoms with Crippen molar-refractivity contribution in [2.45, 2.75) is 33.9 Å². The van der Waals surface area contributed by atoms with Crippen molar-refractivity contribution >= 4 is 23.6 Å². The molecule has 1 aromatic carbocycles. The number of carbonyl (C=O) groups is 3. The van der Waals surface area contributed by atoms with Gasteiger partial charge in [-0.15, -0.1) is 0 Å². The third kappa shape index (κ3) is 6.39. The fraction of sp³-hybridized carbons (Fsp3) is 0.409. The molecule has 0 spiro atoms. The number of nitrogens with two attached hydrogens (primary N) is 1. The number of alkyl carbamates (subject to hydrolysis) is 1. The first-order chi connectivity index (χ1) is 15.7. The Morgan fingerprint density at radius 2 is 1.70 bits per heavy atom. The Bertz CT molecular complexity index is 1120. The molecule has 2 rings (SSSR count). The van der Waals surface area contributed by atoms with Crippen LogP contribution < -0.4 is 22.3 Å². The third-order valence-electron chi connectivity index (χ3n) is 4.94. The van der Waals surface area contributed by atoms with Crippen LogP contribution in [0.15, 0.2) is 39.9 Å². The van der Waals surface area contributed by atoms with Crippen molar-refractivity contribution in [2.75, 3.05) is 32.0 Å². The number of nitrogens with one attached hydrogen (secondary N) is 1. The number of hydrogen-bond acceptors (Lipinski definition) is 8. The molecule has 33 heavy (non-hydrogen) atoms. The number of imide groups is 1. The Kier molecular flexibility index (Phi) is 9.10. The summed E-state index contributed by atoms with van der Waals surface area (Å²) in [6, 6.07) is 9.04. The van der Waals surface area contributed by atoms with Crippen LogP contribution in [0.1, 0.15) is 36.7 Å². The van der Waals surface area contributed by atoms with Crippen LogP contribution in [0.3, 0.4) is 0 Å². The van der Waals surface area contributed by atoms with E-state index in [4.69, 9.17) is 5.73 Å². The minimum absolute atomic E-state index is 0.0620. The van der Waals surface area contributed by atoms with E-state index >= 15 is 0 Å². The van der Waals surface area contributed by atoms with E-state index < -0.39 is 29.0 Å². The topological polar surface area (TPSA) is 146 Å². The molecule has 11 heteroatoms. The van der Waals surface area contributed by atoms with Gasteiger partial charge in [0.15, 0.2) is 5.78 Å². The minimum atomic E-state index is -0.882. The maximum absolute atomic E-state index is 13.1. The first-order valence-electron chi connectivity index (χ1n) is 10.6. The number of nitrogen functional groups attached to an aromatic ring is 1. The maximum atomic E-state index is 13.1. The van der Waals surface area contributed by atoms with Crippen LogP contribution in [0.25, 0.3) is 0 Å². The second-order valence-electron chi connectivity index (χ2n) is 7.16. The zero-order valence-corrected chi connectivity index (χ0v) is 19.0. The van der Waals surface area contributed by atoms with Crippen molar-refractivity contribution in [1.29, 1.82) is 0 Å². The lowest BCUT2D eigenvalue weighted by Crippen LogP contribution is -2.46. The molecule has 2 aromatic rings. The van der Waals surface area contributed by atoms with Crippen molar-refractivity contribution in [3.05, 3.63) is 62.3 Å². The number of Topliss-reactive ketones (excluding diaryl/α,β-unsaturated/α-hetero) is 1. The highest BCUT2D eigenvalue weighted by atomic mass is 16.5. The molecule has 0 atom stereocenters. The Morgan fingerprint density at radius 1 is 1.03 bits per heavy atom. The predicted octanol–water partition coefficient (Wildman–Crippen LogP) is 0.438. The molecule has 2 amide bonds. The lowest BCUT2D eigenvalue weighted by molar-refractivity contribution is -0.121. The number of rotatable bonds is 10. The van der Waals surface area contributed by atoms with Gasteiger partial charge in [-0.25, -0.2) is 9.59 Å². The molecular weight excluding hydrogens is 430 g/mol. The first kappa shape index (κ1) is 25.5. The Hall–Kier alpha value is -3.73. The van der Waals surface area contributed by atoms with Gasteiger partial charge in [-0.3, -0.25) is 33.7 Å². The molecule has 0 saturated heterocycles. The molecule has 1 heterocycles. The number of anilines is 1.